The molecule has 0 saturated carbocycles. The van der Waals surface area contributed by atoms with Gasteiger partial charge >= 0.3 is 0 Å². The molecule has 106 valence electrons. The molecule has 0 bridgehead atoms. The molecule has 0 aliphatic rings. The minimum absolute atomic E-state index is 0.585. The largest absolute Gasteiger partial charge is 0.439 e. The first-order chi connectivity index (χ1) is 9.63. The molecule has 20 heavy (non-hydrogen) atoms. The van der Waals surface area contributed by atoms with E-state index in [9.17, 15) is 0 Å². The number of anilines is 1. The van der Waals surface area contributed by atoms with Gasteiger partial charge in [0, 0.05) is 19.5 Å². The van der Waals surface area contributed by atoms with Crippen molar-refractivity contribution in [1.29, 1.82) is 0 Å². The minimum Gasteiger partial charge on any atom is -0.439 e. The zero-order chi connectivity index (χ0) is 14.5. The summed E-state index contributed by atoms with van der Waals surface area (Å²) in [4.78, 5) is 8.88. The van der Waals surface area contributed by atoms with Gasteiger partial charge in [-0.1, -0.05) is 19.1 Å². The highest BCUT2D eigenvalue weighted by Crippen LogP contribution is 2.26. The predicted octanol–water partition coefficient (Wildman–Crippen LogP) is 3.88. The SMILES string of the molecule is CCCc1nc(NC)cc(Oc2cccc(C)c2C)n1. The van der Waals surface area contributed by atoms with Crippen LogP contribution in [-0.4, -0.2) is 17.0 Å². The molecular formula is C16H21N3O. The van der Waals surface area contributed by atoms with Gasteiger partial charge in [-0.25, -0.2) is 4.98 Å². The molecule has 2 rings (SSSR count). The van der Waals surface area contributed by atoms with Gasteiger partial charge in [0.05, 0.1) is 0 Å². The third-order valence-corrected chi connectivity index (χ3v) is 3.25. The van der Waals surface area contributed by atoms with E-state index in [-0.39, 0.29) is 0 Å². The number of hydrogen-bond acceptors (Lipinski definition) is 4. The Bertz CT molecular complexity index is 596. The first kappa shape index (κ1) is 14.3. The zero-order valence-corrected chi connectivity index (χ0v) is 12.5. The molecule has 2 aromatic rings. The Balaban J connectivity index is 2.32. The average Bonchev–Trinajstić information content (AvgIpc) is 2.44. The molecule has 1 aromatic heterocycles. The van der Waals surface area contributed by atoms with Crippen LogP contribution in [0.2, 0.25) is 0 Å². The van der Waals surface area contributed by atoms with Gasteiger partial charge in [-0.15, -0.1) is 0 Å². The van der Waals surface area contributed by atoms with E-state index in [0.29, 0.717) is 5.88 Å². The van der Waals surface area contributed by atoms with Crippen LogP contribution in [0.4, 0.5) is 5.82 Å². The Hall–Kier alpha value is -2.10. The van der Waals surface area contributed by atoms with Crippen LogP contribution in [0.3, 0.4) is 0 Å². The number of rotatable bonds is 5. The Kier molecular flexibility index (Phi) is 4.56. The molecule has 1 N–H and O–H groups in total. The van der Waals surface area contributed by atoms with Crippen LogP contribution < -0.4 is 10.1 Å². The second kappa shape index (κ2) is 6.37. The molecule has 0 aliphatic carbocycles. The standard InChI is InChI=1S/C16H21N3O/c1-5-7-14-18-15(17-4)10-16(19-14)20-13-9-6-8-11(2)12(13)3/h6,8-10H,5,7H2,1-4H3,(H,17,18,19). The lowest BCUT2D eigenvalue weighted by Crippen LogP contribution is -2.02. The number of nitrogens with zero attached hydrogens (tertiary/aromatic N) is 2. The number of aromatic nitrogens is 2. The fraction of sp³-hybridized carbons (Fsp3) is 0.375. The van der Waals surface area contributed by atoms with Gasteiger partial charge in [-0.05, 0) is 37.5 Å². The van der Waals surface area contributed by atoms with Crippen molar-refractivity contribution >= 4 is 5.82 Å². The van der Waals surface area contributed by atoms with Gasteiger partial charge in [0.2, 0.25) is 5.88 Å². The van der Waals surface area contributed by atoms with Crippen molar-refractivity contribution in [2.24, 2.45) is 0 Å². The number of hydrogen-bond donors (Lipinski definition) is 1. The summed E-state index contributed by atoms with van der Waals surface area (Å²) >= 11 is 0. The lowest BCUT2D eigenvalue weighted by molar-refractivity contribution is 0.455. The number of ether oxygens (including phenoxy) is 1. The Morgan fingerprint density at radius 2 is 2.00 bits per heavy atom. The minimum atomic E-state index is 0.585. The molecule has 0 spiro atoms. The summed E-state index contributed by atoms with van der Waals surface area (Å²) in [7, 11) is 1.85. The average molecular weight is 271 g/mol. The number of nitrogens with one attached hydrogen (secondary N) is 1. The molecule has 0 atom stereocenters. The smallest absolute Gasteiger partial charge is 0.224 e. The van der Waals surface area contributed by atoms with E-state index in [1.807, 2.05) is 25.2 Å². The van der Waals surface area contributed by atoms with Crippen LogP contribution in [0, 0.1) is 13.8 Å². The van der Waals surface area contributed by atoms with Gasteiger partial charge in [0.1, 0.15) is 17.4 Å². The molecule has 0 saturated heterocycles. The fourth-order valence-electron chi connectivity index (χ4n) is 1.94. The summed E-state index contributed by atoms with van der Waals surface area (Å²) in [5.41, 5.74) is 2.34. The Morgan fingerprint density at radius 3 is 2.70 bits per heavy atom. The maximum atomic E-state index is 5.93. The van der Waals surface area contributed by atoms with Crippen LogP contribution in [0.1, 0.15) is 30.3 Å². The zero-order valence-electron chi connectivity index (χ0n) is 12.5. The van der Waals surface area contributed by atoms with Crippen LogP contribution in [-0.2, 0) is 6.42 Å². The van der Waals surface area contributed by atoms with Gasteiger partial charge in [-0.2, -0.15) is 4.98 Å². The second-order valence-corrected chi connectivity index (χ2v) is 4.81. The van der Waals surface area contributed by atoms with Crippen LogP contribution in [0.5, 0.6) is 11.6 Å². The van der Waals surface area contributed by atoms with E-state index in [1.165, 1.54) is 5.56 Å². The van der Waals surface area contributed by atoms with Crippen molar-refractivity contribution in [1.82, 2.24) is 9.97 Å². The first-order valence-corrected chi connectivity index (χ1v) is 6.93. The van der Waals surface area contributed by atoms with E-state index in [0.717, 1.165) is 35.8 Å². The highest BCUT2D eigenvalue weighted by Gasteiger charge is 2.08. The third-order valence-electron chi connectivity index (χ3n) is 3.25. The molecule has 0 fully saturated rings. The van der Waals surface area contributed by atoms with E-state index in [1.54, 1.807) is 0 Å². The van der Waals surface area contributed by atoms with Crippen LogP contribution in [0.25, 0.3) is 0 Å². The van der Waals surface area contributed by atoms with Crippen molar-refractivity contribution < 1.29 is 4.74 Å². The lowest BCUT2D eigenvalue weighted by Gasteiger charge is -2.11. The molecule has 0 unspecified atom stereocenters. The Labute approximate surface area is 120 Å². The van der Waals surface area contributed by atoms with Crippen molar-refractivity contribution in [3.63, 3.8) is 0 Å². The lowest BCUT2D eigenvalue weighted by atomic mass is 10.1. The molecule has 4 nitrogen and oxygen atoms in total. The molecule has 1 heterocycles. The van der Waals surface area contributed by atoms with Gasteiger partial charge in [0.15, 0.2) is 0 Å². The summed E-state index contributed by atoms with van der Waals surface area (Å²) in [6, 6.07) is 7.85. The van der Waals surface area contributed by atoms with Crippen LogP contribution >= 0.6 is 0 Å². The first-order valence-electron chi connectivity index (χ1n) is 6.93. The third kappa shape index (κ3) is 3.26. The summed E-state index contributed by atoms with van der Waals surface area (Å²) in [6.45, 7) is 6.24. The van der Waals surface area contributed by atoms with Crippen molar-refractivity contribution in [2.45, 2.75) is 33.6 Å². The van der Waals surface area contributed by atoms with E-state index in [4.69, 9.17) is 4.74 Å². The number of benzene rings is 1. The van der Waals surface area contributed by atoms with E-state index < -0.39 is 0 Å². The Morgan fingerprint density at radius 1 is 1.20 bits per heavy atom. The maximum absolute atomic E-state index is 5.93. The highest BCUT2D eigenvalue weighted by molar-refractivity contribution is 5.43. The molecule has 4 heteroatoms. The molecule has 1 aromatic carbocycles. The fourth-order valence-corrected chi connectivity index (χ4v) is 1.94. The van der Waals surface area contributed by atoms with Crippen molar-refractivity contribution in [2.75, 3.05) is 12.4 Å². The van der Waals surface area contributed by atoms with Crippen LogP contribution in [0.15, 0.2) is 24.3 Å². The monoisotopic (exact) mass is 271 g/mol. The normalized spacial score (nSPS) is 10.4. The molecule has 0 amide bonds. The van der Waals surface area contributed by atoms with E-state index >= 15 is 0 Å². The van der Waals surface area contributed by atoms with Crippen molar-refractivity contribution in [3.8, 4) is 11.6 Å². The summed E-state index contributed by atoms with van der Waals surface area (Å²) in [5.74, 6) is 3.01. The topological polar surface area (TPSA) is 47.0 Å². The van der Waals surface area contributed by atoms with Gasteiger partial charge in [0.25, 0.3) is 0 Å². The highest BCUT2D eigenvalue weighted by atomic mass is 16.5. The second-order valence-electron chi connectivity index (χ2n) is 4.81. The maximum Gasteiger partial charge on any atom is 0.224 e. The van der Waals surface area contributed by atoms with Gasteiger partial charge in [-0.3, -0.25) is 0 Å². The van der Waals surface area contributed by atoms with E-state index in [2.05, 4.69) is 42.1 Å². The van der Waals surface area contributed by atoms with Gasteiger partial charge < -0.3 is 10.1 Å². The van der Waals surface area contributed by atoms with Crippen molar-refractivity contribution in [3.05, 3.63) is 41.2 Å². The quantitative estimate of drug-likeness (QED) is 0.896. The molecule has 0 aliphatic heterocycles. The summed E-state index contributed by atoms with van der Waals surface area (Å²) < 4.78 is 5.93. The number of aryl methyl sites for hydroxylation is 2. The summed E-state index contributed by atoms with van der Waals surface area (Å²) in [6.07, 6.45) is 1.86. The molecular weight excluding hydrogens is 250 g/mol. The summed E-state index contributed by atoms with van der Waals surface area (Å²) in [5, 5.41) is 3.05. The predicted molar refractivity (Wildman–Crippen MR) is 81.6 cm³/mol. The molecule has 0 radical (unpaired) electrons.